The predicted molar refractivity (Wildman–Crippen MR) is 100 cm³/mol. The minimum absolute atomic E-state index is 0.114. The van der Waals surface area contributed by atoms with Crippen LogP contribution < -0.4 is 0 Å². The summed E-state index contributed by atoms with van der Waals surface area (Å²) in [5.41, 5.74) is 0.517. The number of rotatable bonds is 2. The van der Waals surface area contributed by atoms with E-state index in [1.165, 1.54) is 6.07 Å². The number of carbonyl (C=O) groups excluding carboxylic acids is 1. The number of carbonyl (C=O) groups is 1. The van der Waals surface area contributed by atoms with E-state index in [9.17, 15) is 14.3 Å². The molecule has 1 aromatic heterocycles. The second-order valence-electron chi connectivity index (χ2n) is 8.51. The number of hydrogen-bond donors (Lipinski definition) is 1. The van der Waals surface area contributed by atoms with Crippen LogP contribution >= 0.6 is 0 Å². The van der Waals surface area contributed by atoms with Gasteiger partial charge in [0.05, 0.1) is 5.60 Å². The quantitative estimate of drug-likeness (QED) is 0.861. The van der Waals surface area contributed by atoms with E-state index in [1.54, 1.807) is 23.1 Å². The molecule has 0 spiro atoms. The van der Waals surface area contributed by atoms with Gasteiger partial charge >= 0.3 is 0 Å². The number of likely N-dealkylation sites (tertiary alicyclic amines) is 1. The molecule has 1 N–H and O–H groups in total. The van der Waals surface area contributed by atoms with E-state index in [1.807, 2.05) is 0 Å². The van der Waals surface area contributed by atoms with Gasteiger partial charge in [-0.2, -0.15) is 0 Å². The van der Waals surface area contributed by atoms with E-state index in [-0.39, 0.29) is 23.6 Å². The van der Waals surface area contributed by atoms with Crippen molar-refractivity contribution >= 4 is 5.91 Å². The lowest BCUT2D eigenvalue weighted by Crippen LogP contribution is -2.43. The third kappa shape index (κ3) is 2.69. The van der Waals surface area contributed by atoms with Gasteiger partial charge in [-0.3, -0.25) is 4.79 Å². The summed E-state index contributed by atoms with van der Waals surface area (Å²) in [4.78, 5) is 15.0. The second-order valence-corrected chi connectivity index (χ2v) is 8.51. The van der Waals surface area contributed by atoms with Gasteiger partial charge in [-0.1, -0.05) is 23.4 Å². The summed E-state index contributed by atoms with van der Waals surface area (Å²) in [6.07, 6.45) is 6.09. The Morgan fingerprint density at radius 2 is 2.04 bits per heavy atom. The van der Waals surface area contributed by atoms with Crippen LogP contribution in [0.15, 0.2) is 28.8 Å². The van der Waals surface area contributed by atoms with Gasteiger partial charge in [-0.15, -0.1) is 0 Å². The number of aliphatic hydroxyl groups is 1. The average molecular weight is 384 g/mol. The molecule has 5 nitrogen and oxygen atoms in total. The van der Waals surface area contributed by atoms with Gasteiger partial charge in [0.1, 0.15) is 11.6 Å². The first-order chi connectivity index (χ1) is 13.6. The highest BCUT2D eigenvalue weighted by Crippen LogP contribution is 2.49. The number of nitrogens with zero attached hydrogens (tertiary/aromatic N) is 2. The van der Waals surface area contributed by atoms with Gasteiger partial charge in [-0.25, -0.2) is 4.39 Å². The molecule has 3 aliphatic rings. The Labute approximate surface area is 163 Å². The molecule has 0 bridgehead atoms. The van der Waals surface area contributed by atoms with Crippen LogP contribution in [0, 0.1) is 17.7 Å². The molecule has 3 unspecified atom stereocenters. The van der Waals surface area contributed by atoms with Gasteiger partial charge in [0.15, 0.2) is 5.69 Å². The molecule has 5 rings (SSSR count). The monoisotopic (exact) mass is 384 g/mol. The van der Waals surface area contributed by atoms with Crippen molar-refractivity contribution in [1.29, 1.82) is 0 Å². The van der Waals surface area contributed by atoms with E-state index in [0.29, 0.717) is 30.8 Å². The Kier molecular flexibility index (Phi) is 4.27. The van der Waals surface area contributed by atoms with Crippen molar-refractivity contribution in [3.8, 4) is 0 Å². The van der Waals surface area contributed by atoms with Crippen LogP contribution in [0.5, 0.6) is 0 Å². The molecule has 2 heterocycles. The predicted octanol–water partition coefficient (Wildman–Crippen LogP) is 3.45. The first kappa shape index (κ1) is 17.9. The zero-order chi connectivity index (χ0) is 19.3. The third-order valence-corrected chi connectivity index (χ3v) is 6.97. The molecule has 1 amide bonds. The summed E-state index contributed by atoms with van der Waals surface area (Å²) >= 11 is 0. The fourth-order valence-electron chi connectivity index (χ4n) is 5.54. The molecule has 0 radical (unpaired) electrons. The molecule has 2 fully saturated rings. The minimum Gasteiger partial charge on any atom is -0.385 e. The molecule has 1 aliphatic heterocycles. The zero-order valence-corrected chi connectivity index (χ0v) is 15.9. The van der Waals surface area contributed by atoms with E-state index in [4.69, 9.17) is 4.52 Å². The molecule has 1 saturated heterocycles. The Morgan fingerprint density at radius 3 is 2.89 bits per heavy atom. The van der Waals surface area contributed by atoms with E-state index < -0.39 is 5.60 Å². The molecule has 6 heteroatoms. The first-order valence-electron chi connectivity index (χ1n) is 10.3. The van der Waals surface area contributed by atoms with Gasteiger partial charge < -0.3 is 14.5 Å². The number of aromatic nitrogens is 1. The van der Waals surface area contributed by atoms with Crippen LogP contribution in [-0.4, -0.2) is 34.2 Å². The van der Waals surface area contributed by atoms with Crippen molar-refractivity contribution in [1.82, 2.24) is 10.1 Å². The maximum absolute atomic E-state index is 14.5. The maximum atomic E-state index is 14.5. The lowest BCUT2D eigenvalue weighted by Gasteiger charge is -2.41. The number of aryl methyl sites for hydroxylation is 1. The molecule has 1 aromatic carbocycles. The van der Waals surface area contributed by atoms with E-state index in [0.717, 1.165) is 49.8 Å². The number of halogens is 1. The lowest BCUT2D eigenvalue weighted by atomic mass is 9.67. The summed E-state index contributed by atoms with van der Waals surface area (Å²) in [6.45, 7) is 1.01. The van der Waals surface area contributed by atoms with Crippen molar-refractivity contribution in [2.24, 2.45) is 11.8 Å². The summed E-state index contributed by atoms with van der Waals surface area (Å²) in [6, 6.07) is 6.48. The number of fused-ring (bicyclic) bond motifs is 2. The molecule has 3 atom stereocenters. The van der Waals surface area contributed by atoms with Crippen molar-refractivity contribution in [2.45, 2.75) is 50.5 Å². The summed E-state index contributed by atoms with van der Waals surface area (Å²) in [7, 11) is 0. The van der Waals surface area contributed by atoms with Crippen LogP contribution in [0.2, 0.25) is 0 Å². The molecule has 2 aliphatic carbocycles. The summed E-state index contributed by atoms with van der Waals surface area (Å²) < 4.78 is 19.9. The highest BCUT2D eigenvalue weighted by Gasteiger charge is 2.52. The molecule has 1 saturated carbocycles. The molecular formula is C22H25FN2O3. The third-order valence-electron chi connectivity index (χ3n) is 6.97. The molecule has 2 aromatic rings. The summed E-state index contributed by atoms with van der Waals surface area (Å²) in [5, 5.41) is 15.6. The van der Waals surface area contributed by atoms with Crippen molar-refractivity contribution < 1.29 is 18.8 Å². The van der Waals surface area contributed by atoms with Crippen molar-refractivity contribution in [3.63, 3.8) is 0 Å². The fraction of sp³-hybridized carbons (Fsp3) is 0.545. The van der Waals surface area contributed by atoms with Crippen LogP contribution in [0.3, 0.4) is 0 Å². The van der Waals surface area contributed by atoms with E-state index >= 15 is 0 Å². The van der Waals surface area contributed by atoms with Crippen LogP contribution in [-0.2, 0) is 18.4 Å². The Hall–Kier alpha value is -2.21. The number of hydrogen-bond acceptors (Lipinski definition) is 4. The largest absolute Gasteiger partial charge is 0.385 e. The van der Waals surface area contributed by atoms with E-state index in [2.05, 4.69) is 5.16 Å². The minimum atomic E-state index is -1.23. The van der Waals surface area contributed by atoms with Crippen LogP contribution in [0.1, 0.15) is 59.5 Å². The lowest BCUT2D eigenvalue weighted by molar-refractivity contribution is -0.0668. The van der Waals surface area contributed by atoms with Crippen molar-refractivity contribution in [2.75, 3.05) is 13.1 Å². The molecule has 28 heavy (non-hydrogen) atoms. The zero-order valence-electron chi connectivity index (χ0n) is 15.9. The van der Waals surface area contributed by atoms with Crippen LogP contribution in [0.25, 0.3) is 0 Å². The van der Waals surface area contributed by atoms with Crippen molar-refractivity contribution in [3.05, 3.63) is 52.7 Å². The first-order valence-corrected chi connectivity index (χ1v) is 10.3. The topological polar surface area (TPSA) is 66.6 Å². The van der Waals surface area contributed by atoms with Gasteiger partial charge in [0, 0.05) is 36.6 Å². The van der Waals surface area contributed by atoms with Crippen LogP contribution in [0.4, 0.5) is 4.39 Å². The van der Waals surface area contributed by atoms with Gasteiger partial charge in [-0.05, 0) is 50.5 Å². The molecule has 148 valence electrons. The Morgan fingerprint density at radius 1 is 1.21 bits per heavy atom. The Balaban J connectivity index is 1.43. The highest BCUT2D eigenvalue weighted by atomic mass is 19.1. The Bertz CT molecular complexity index is 911. The molecular weight excluding hydrogens is 359 g/mol. The number of benzene rings is 1. The smallest absolute Gasteiger partial charge is 0.276 e. The normalized spacial score (nSPS) is 29.4. The number of amides is 1. The average Bonchev–Trinajstić information content (AvgIpc) is 3.33. The summed E-state index contributed by atoms with van der Waals surface area (Å²) in [5.74, 6) is 0.363. The fourth-order valence-corrected chi connectivity index (χ4v) is 5.54. The second kappa shape index (κ2) is 6.69. The maximum Gasteiger partial charge on any atom is 0.276 e. The standard InChI is InChI=1S/C22H25FN2O3/c23-18-9-3-2-8-16(18)22(27)11-5-6-14-12-25(13-17(14)22)21(26)20-15-7-1-4-10-19(15)28-24-20/h2-3,8-9,14,17,27H,1,4-7,10-13H2. The van der Waals surface area contributed by atoms with Gasteiger partial charge in [0.2, 0.25) is 0 Å². The SMILES string of the molecule is O=C(c1noc2c1CCCC2)N1CC2CCCC(O)(c3ccccc3F)C2C1. The van der Waals surface area contributed by atoms with Gasteiger partial charge in [0.25, 0.3) is 5.91 Å². The highest BCUT2D eigenvalue weighted by molar-refractivity contribution is 5.94.